The fraction of sp³-hybridized carbons (Fsp3) is 0.238. The molecule has 0 saturated heterocycles. The number of hydrogen-bond donors (Lipinski definition) is 2. The third kappa shape index (κ3) is 4.15. The lowest BCUT2D eigenvalue weighted by Gasteiger charge is -2.14. The second kappa shape index (κ2) is 7.34. The summed E-state index contributed by atoms with van der Waals surface area (Å²) in [5.41, 5.74) is 7.25. The van der Waals surface area contributed by atoms with Gasteiger partial charge in [-0.2, -0.15) is 4.98 Å². The van der Waals surface area contributed by atoms with Gasteiger partial charge >= 0.3 is 0 Å². The zero-order valence-electron chi connectivity index (χ0n) is 15.2. The summed E-state index contributed by atoms with van der Waals surface area (Å²) in [5, 5.41) is 6.73. The summed E-state index contributed by atoms with van der Waals surface area (Å²) in [4.78, 5) is 8.93. The Hall–Kier alpha value is -2.88. The molecule has 128 valence electrons. The molecular weight excluding hydrogens is 308 g/mol. The fourth-order valence-corrected chi connectivity index (χ4v) is 3.00. The monoisotopic (exact) mass is 332 g/mol. The Kier molecular flexibility index (Phi) is 4.98. The van der Waals surface area contributed by atoms with Crippen LogP contribution in [0.4, 0.5) is 17.5 Å². The maximum absolute atomic E-state index is 4.58. The van der Waals surface area contributed by atoms with Crippen molar-refractivity contribution < 1.29 is 0 Å². The Morgan fingerprint density at radius 2 is 1.60 bits per heavy atom. The first kappa shape index (κ1) is 17.0. The molecule has 3 aromatic rings. The summed E-state index contributed by atoms with van der Waals surface area (Å²) in [6, 6.07) is 14.6. The van der Waals surface area contributed by atoms with Gasteiger partial charge in [-0.05, 0) is 56.0 Å². The van der Waals surface area contributed by atoms with Gasteiger partial charge in [0, 0.05) is 18.4 Å². The van der Waals surface area contributed by atoms with Crippen LogP contribution in [0.5, 0.6) is 0 Å². The Labute approximate surface area is 149 Å². The van der Waals surface area contributed by atoms with E-state index in [1.54, 1.807) is 6.20 Å². The van der Waals surface area contributed by atoms with E-state index >= 15 is 0 Å². The van der Waals surface area contributed by atoms with Gasteiger partial charge in [0.25, 0.3) is 0 Å². The van der Waals surface area contributed by atoms with Crippen LogP contribution in [-0.2, 0) is 6.54 Å². The van der Waals surface area contributed by atoms with Crippen molar-refractivity contribution in [2.24, 2.45) is 0 Å². The van der Waals surface area contributed by atoms with Gasteiger partial charge < -0.3 is 10.6 Å². The van der Waals surface area contributed by atoms with Crippen molar-refractivity contribution in [2.75, 3.05) is 10.6 Å². The summed E-state index contributed by atoms with van der Waals surface area (Å²) < 4.78 is 0. The summed E-state index contributed by atoms with van der Waals surface area (Å²) in [6.45, 7) is 9.17. The number of aromatic nitrogens is 2. The molecule has 0 spiro atoms. The molecule has 2 N–H and O–H groups in total. The molecule has 0 aliphatic heterocycles. The molecule has 0 bridgehead atoms. The number of benzene rings is 2. The normalized spacial score (nSPS) is 10.6. The Morgan fingerprint density at radius 1 is 0.880 bits per heavy atom. The van der Waals surface area contributed by atoms with E-state index in [9.17, 15) is 0 Å². The van der Waals surface area contributed by atoms with Crippen LogP contribution in [0.25, 0.3) is 0 Å². The van der Waals surface area contributed by atoms with Crippen molar-refractivity contribution in [2.45, 2.75) is 34.2 Å². The van der Waals surface area contributed by atoms with Crippen LogP contribution in [0, 0.1) is 27.7 Å². The number of nitrogens with zero attached hydrogens (tertiary/aromatic N) is 2. The van der Waals surface area contributed by atoms with Gasteiger partial charge in [0.2, 0.25) is 5.95 Å². The third-order valence-corrected chi connectivity index (χ3v) is 4.29. The molecule has 2 aromatic carbocycles. The van der Waals surface area contributed by atoms with Crippen molar-refractivity contribution in [1.29, 1.82) is 0 Å². The maximum Gasteiger partial charge on any atom is 0.229 e. The van der Waals surface area contributed by atoms with Crippen LogP contribution >= 0.6 is 0 Å². The second-order valence-electron chi connectivity index (χ2n) is 6.44. The quantitative estimate of drug-likeness (QED) is 0.685. The standard InChI is InChI=1S/C21H24N4/c1-14-11-16(3)20(17(4)12-14)25-21-22-10-9-19(24-21)23-13-18-8-6-5-7-15(18)2/h5-12H,13H2,1-4H3,(H2,22,23,24,25). The molecule has 0 unspecified atom stereocenters. The largest absolute Gasteiger partial charge is 0.366 e. The first-order valence-electron chi connectivity index (χ1n) is 8.49. The van der Waals surface area contributed by atoms with E-state index < -0.39 is 0 Å². The highest BCUT2D eigenvalue weighted by molar-refractivity contribution is 5.64. The van der Waals surface area contributed by atoms with E-state index in [0.717, 1.165) is 18.1 Å². The number of nitrogens with one attached hydrogen (secondary N) is 2. The van der Waals surface area contributed by atoms with Crippen LogP contribution in [0.1, 0.15) is 27.8 Å². The number of hydrogen-bond acceptors (Lipinski definition) is 4. The van der Waals surface area contributed by atoms with E-state index in [1.807, 2.05) is 6.07 Å². The van der Waals surface area contributed by atoms with Crippen molar-refractivity contribution in [3.63, 3.8) is 0 Å². The first-order valence-corrected chi connectivity index (χ1v) is 8.49. The van der Waals surface area contributed by atoms with E-state index in [-0.39, 0.29) is 0 Å². The van der Waals surface area contributed by atoms with Crippen molar-refractivity contribution in [1.82, 2.24) is 9.97 Å². The predicted octanol–water partition coefficient (Wildman–Crippen LogP) is 5.07. The van der Waals surface area contributed by atoms with Crippen LogP contribution in [0.3, 0.4) is 0 Å². The average molecular weight is 332 g/mol. The molecule has 4 heteroatoms. The van der Waals surface area contributed by atoms with Gasteiger partial charge in [0.05, 0.1) is 0 Å². The van der Waals surface area contributed by atoms with Gasteiger partial charge in [-0.25, -0.2) is 4.98 Å². The molecule has 0 atom stereocenters. The van der Waals surface area contributed by atoms with E-state index in [4.69, 9.17) is 0 Å². The maximum atomic E-state index is 4.58. The highest BCUT2D eigenvalue weighted by Crippen LogP contribution is 2.24. The van der Waals surface area contributed by atoms with Crippen molar-refractivity contribution in [3.05, 3.63) is 76.5 Å². The molecule has 1 heterocycles. The predicted molar refractivity (Wildman–Crippen MR) is 104 cm³/mol. The summed E-state index contributed by atoms with van der Waals surface area (Å²) in [7, 11) is 0. The lowest BCUT2D eigenvalue weighted by molar-refractivity contribution is 1.07. The Balaban J connectivity index is 1.75. The zero-order chi connectivity index (χ0) is 17.8. The van der Waals surface area contributed by atoms with Crippen molar-refractivity contribution >= 4 is 17.5 Å². The average Bonchev–Trinajstić information content (AvgIpc) is 2.58. The zero-order valence-corrected chi connectivity index (χ0v) is 15.2. The lowest BCUT2D eigenvalue weighted by Crippen LogP contribution is -2.06. The fourth-order valence-electron chi connectivity index (χ4n) is 3.00. The topological polar surface area (TPSA) is 49.8 Å². The Morgan fingerprint density at radius 3 is 2.32 bits per heavy atom. The highest BCUT2D eigenvalue weighted by atomic mass is 15.1. The van der Waals surface area contributed by atoms with Crippen LogP contribution in [0.15, 0.2) is 48.7 Å². The molecule has 0 aliphatic rings. The second-order valence-corrected chi connectivity index (χ2v) is 6.44. The van der Waals surface area contributed by atoms with Crippen LogP contribution in [-0.4, -0.2) is 9.97 Å². The summed E-state index contributed by atoms with van der Waals surface area (Å²) in [5.74, 6) is 1.41. The molecule has 0 radical (unpaired) electrons. The SMILES string of the molecule is Cc1cc(C)c(Nc2nccc(NCc3ccccc3C)n2)c(C)c1. The van der Waals surface area contributed by atoms with Gasteiger partial charge in [0.1, 0.15) is 5.82 Å². The number of rotatable bonds is 5. The van der Waals surface area contributed by atoms with Crippen LogP contribution in [0.2, 0.25) is 0 Å². The lowest BCUT2D eigenvalue weighted by atomic mass is 10.1. The van der Waals surface area contributed by atoms with Gasteiger partial charge in [-0.1, -0.05) is 42.0 Å². The minimum atomic E-state index is 0.602. The minimum Gasteiger partial charge on any atom is -0.366 e. The molecule has 0 saturated carbocycles. The van der Waals surface area contributed by atoms with Gasteiger partial charge in [0.15, 0.2) is 0 Å². The summed E-state index contributed by atoms with van der Waals surface area (Å²) >= 11 is 0. The number of aryl methyl sites for hydroxylation is 4. The molecule has 0 amide bonds. The van der Waals surface area contributed by atoms with E-state index in [0.29, 0.717) is 5.95 Å². The molecule has 0 aliphatic carbocycles. The molecule has 4 nitrogen and oxygen atoms in total. The molecule has 0 fully saturated rings. The number of anilines is 3. The highest BCUT2D eigenvalue weighted by Gasteiger charge is 2.07. The van der Waals surface area contributed by atoms with E-state index in [2.05, 4.69) is 84.7 Å². The minimum absolute atomic E-state index is 0.602. The van der Waals surface area contributed by atoms with Gasteiger partial charge in [-0.3, -0.25) is 0 Å². The van der Waals surface area contributed by atoms with Crippen molar-refractivity contribution in [3.8, 4) is 0 Å². The molecule has 3 rings (SSSR count). The molecular formula is C21H24N4. The van der Waals surface area contributed by atoms with Crippen LogP contribution < -0.4 is 10.6 Å². The van der Waals surface area contributed by atoms with Gasteiger partial charge in [-0.15, -0.1) is 0 Å². The molecule has 25 heavy (non-hydrogen) atoms. The molecule has 1 aromatic heterocycles. The smallest absolute Gasteiger partial charge is 0.229 e. The third-order valence-electron chi connectivity index (χ3n) is 4.29. The Bertz CT molecular complexity index is 864. The first-order chi connectivity index (χ1) is 12.0. The van der Waals surface area contributed by atoms with E-state index in [1.165, 1.54) is 27.8 Å². The summed E-state index contributed by atoms with van der Waals surface area (Å²) in [6.07, 6.45) is 1.77.